The summed E-state index contributed by atoms with van der Waals surface area (Å²) >= 11 is 0. The van der Waals surface area contributed by atoms with E-state index in [4.69, 9.17) is 19.3 Å². The summed E-state index contributed by atoms with van der Waals surface area (Å²) in [5.74, 6) is 4.61. The van der Waals surface area contributed by atoms with Crippen molar-refractivity contribution in [3.8, 4) is 11.8 Å². The number of H-pyrrole nitrogens is 1. The number of aromatic nitrogens is 2. The topological polar surface area (TPSA) is 283 Å². The Bertz CT molecular complexity index is 1820. The van der Waals surface area contributed by atoms with Gasteiger partial charge in [-0.1, -0.05) is 113 Å². The first-order chi connectivity index (χ1) is 32.4. The van der Waals surface area contributed by atoms with Crippen molar-refractivity contribution in [2.24, 2.45) is 0 Å². The third-order valence-corrected chi connectivity index (χ3v) is 13.9. The molecule has 0 saturated carbocycles. The standard InChI is InChI=1S/C20H27N2O16P3.4C6H15N/c1-2-3-4-7-10-34-18(24)9-6-5-8-14-12-22(20(26)21-19(14)25)17-11-15(23)16(36-17)13-35-40(30,31)38-41(32,33)37-39(27,28)29;4*1-4-7(5-2)6-3/h2-4,7,12,15-17,23H,6,9-11,13H2,1H3,(H,30,31)(H,32,33)(H,21,25,26)(H2,27,28,29);4*4-6H2,1-3H3/b3-2+,7-4+;;;;/t15-,16+,17+;;;;/m0..../s1. The first kappa shape index (κ1) is 70.6. The van der Waals surface area contributed by atoms with Gasteiger partial charge in [-0.2, -0.15) is 8.62 Å². The number of nitrogens with zero attached hydrogens (tertiary/aromatic N) is 5. The van der Waals surface area contributed by atoms with Gasteiger partial charge in [-0.3, -0.25) is 23.7 Å². The predicted octanol–water partition coefficient (Wildman–Crippen LogP) is 5.73. The predicted molar refractivity (Wildman–Crippen MR) is 271 cm³/mol. The largest absolute Gasteiger partial charge is 0.490 e. The van der Waals surface area contributed by atoms with Crippen molar-refractivity contribution in [3.05, 3.63) is 56.9 Å². The van der Waals surface area contributed by atoms with Crippen LogP contribution in [0, 0.1) is 11.8 Å². The Morgan fingerprint density at radius 1 is 0.754 bits per heavy atom. The molecule has 69 heavy (non-hydrogen) atoms. The zero-order chi connectivity index (χ0) is 53.6. The molecule has 1 aromatic rings. The van der Waals surface area contributed by atoms with Crippen LogP contribution in [0.5, 0.6) is 0 Å². The van der Waals surface area contributed by atoms with Gasteiger partial charge in [-0.25, -0.2) is 18.5 Å². The molecule has 0 aliphatic carbocycles. The molecule has 1 saturated heterocycles. The van der Waals surface area contributed by atoms with Gasteiger partial charge < -0.3 is 53.8 Å². The smallest absolute Gasteiger partial charge is 0.461 e. The Balaban J connectivity index is -0.00000125. The van der Waals surface area contributed by atoms with Crippen LogP contribution in [0.4, 0.5) is 0 Å². The SMILES string of the molecule is C/C=C/C=C/COC(=O)CCC#Cc1cn([C@H]2C[C@H](O)[C@@H](COP(=O)(O)OP(=O)(O)OP(=O)(O)O)O2)c(=O)[nH]c1=O.CCN(CC)CC.CCN(CC)CC.CCN(CC)CC.CCN(CC)CC. The molecule has 2 heterocycles. The number of carbonyl (C=O) groups is 1. The average Bonchev–Trinajstić information content (AvgIpc) is 3.66. The number of ether oxygens (including phenoxy) is 2. The molecule has 0 bridgehead atoms. The summed E-state index contributed by atoms with van der Waals surface area (Å²) in [5.41, 5.74) is -1.96. The summed E-state index contributed by atoms with van der Waals surface area (Å²) in [5, 5.41) is 10.2. The van der Waals surface area contributed by atoms with Gasteiger partial charge in [0.05, 0.1) is 19.1 Å². The molecule has 1 fully saturated rings. The lowest BCUT2D eigenvalue weighted by Crippen LogP contribution is -2.33. The molecule has 1 aromatic heterocycles. The van der Waals surface area contributed by atoms with Gasteiger partial charge in [0, 0.05) is 19.0 Å². The van der Waals surface area contributed by atoms with Crippen LogP contribution in [-0.4, -0.2) is 164 Å². The summed E-state index contributed by atoms with van der Waals surface area (Å²) in [7, 11) is -16.8. The average molecular weight is 1050 g/mol. The molecule has 2 unspecified atom stereocenters. The Morgan fingerprint density at radius 3 is 1.59 bits per heavy atom. The number of phosphoric ester groups is 1. The van der Waals surface area contributed by atoms with Crippen molar-refractivity contribution in [2.45, 2.75) is 128 Å². The Morgan fingerprint density at radius 2 is 1.20 bits per heavy atom. The molecule has 5 atom stereocenters. The lowest BCUT2D eigenvalue weighted by atomic mass is 10.2. The highest BCUT2D eigenvalue weighted by Crippen LogP contribution is 2.66. The van der Waals surface area contributed by atoms with Crippen LogP contribution in [-0.2, 0) is 41.1 Å². The molecule has 0 spiro atoms. The van der Waals surface area contributed by atoms with Gasteiger partial charge in [-0.05, 0) is 91.5 Å². The van der Waals surface area contributed by atoms with E-state index in [-0.39, 0.29) is 31.4 Å². The molecular weight excluding hydrogens is 961 g/mol. The van der Waals surface area contributed by atoms with Crippen LogP contribution >= 0.6 is 23.5 Å². The van der Waals surface area contributed by atoms with Crippen molar-refractivity contribution in [1.29, 1.82) is 0 Å². The summed E-state index contributed by atoms with van der Waals surface area (Å²) in [6.45, 7) is 41.5. The monoisotopic (exact) mass is 1050 g/mol. The second-order valence-corrected chi connectivity index (χ2v) is 18.9. The van der Waals surface area contributed by atoms with Gasteiger partial charge in [0.15, 0.2) is 0 Å². The van der Waals surface area contributed by atoms with Crippen LogP contribution in [0.15, 0.2) is 40.1 Å². The highest BCUT2D eigenvalue weighted by molar-refractivity contribution is 7.66. The quantitative estimate of drug-likeness (QED) is 0.0295. The minimum atomic E-state index is -5.74. The first-order valence-corrected chi connectivity index (χ1v) is 28.2. The number of rotatable bonds is 25. The number of allylic oxidation sites excluding steroid dienone is 3. The van der Waals surface area contributed by atoms with Crippen molar-refractivity contribution >= 4 is 29.4 Å². The number of aliphatic hydroxyl groups excluding tert-OH is 1. The number of nitrogens with one attached hydrogen (secondary N) is 1. The molecule has 1 aliphatic rings. The molecule has 0 aromatic carbocycles. The maximum Gasteiger partial charge on any atom is 0.490 e. The van der Waals surface area contributed by atoms with Gasteiger partial charge in [0.1, 0.15) is 24.5 Å². The maximum absolute atomic E-state index is 12.3. The number of aliphatic hydroxyl groups is 1. The highest BCUT2D eigenvalue weighted by Gasteiger charge is 2.43. The Kier molecular flexibility index (Phi) is 41.9. The fourth-order valence-electron chi connectivity index (χ4n) is 5.76. The maximum atomic E-state index is 12.3. The number of hydrogen-bond acceptors (Lipinski definition) is 16. The molecule has 0 radical (unpaired) electrons. The van der Waals surface area contributed by atoms with Gasteiger partial charge >= 0.3 is 35.1 Å². The van der Waals surface area contributed by atoms with Crippen molar-refractivity contribution in [3.63, 3.8) is 0 Å². The first-order valence-electron chi connectivity index (χ1n) is 23.7. The third-order valence-electron chi connectivity index (χ3n) is 10.1. The van der Waals surface area contributed by atoms with Crippen molar-refractivity contribution in [2.75, 3.05) is 91.8 Å². The van der Waals surface area contributed by atoms with E-state index in [9.17, 15) is 43.0 Å². The van der Waals surface area contributed by atoms with E-state index in [2.05, 4.69) is 128 Å². The number of phosphoric acid groups is 3. The van der Waals surface area contributed by atoms with Crippen LogP contribution in [0.1, 0.15) is 121 Å². The number of hydrogen-bond donors (Lipinski definition) is 6. The Labute approximate surface area is 411 Å². The van der Waals surface area contributed by atoms with E-state index in [1.165, 1.54) is 78.5 Å². The third kappa shape index (κ3) is 36.0. The zero-order valence-corrected chi connectivity index (χ0v) is 46.1. The van der Waals surface area contributed by atoms with E-state index in [0.29, 0.717) is 0 Å². The van der Waals surface area contributed by atoms with E-state index < -0.39 is 65.7 Å². The van der Waals surface area contributed by atoms with Crippen LogP contribution in [0.2, 0.25) is 0 Å². The molecule has 25 heteroatoms. The minimum Gasteiger partial charge on any atom is -0.461 e. The summed E-state index contributed by atoms with van der Waals surface area (Å²) in [6, 6.07) is 0. The number of esters is 1. The summed E-state index contributed by atoms with van der Waals surface area (Å²) < 4.78 is 56.9. The van der Waals surface area contributed by atoms with Gasteiger partial charge in [-0.15, -0.1) is 0 Å². The van der Waals surface area contributed by atoms with Crippen molar-refractivity contribution in [1.82, 2.24) is 29.2 Å². The second-order valence-electron chi connectivity index (χ2n) is 14.4. The summed E-state index contributed by atoms with van der Waals surface area (Å²) in [4.78, 5) is 83.5. The second kappa shape index (κ2) is 40.9. The Hall–Kier alpha value is -2.64. The van der Waals surface area contributed by atoms with Gasteiger partial charge in [0.2, 0.25) is 0 Å². The number of aromatic amines is 1. The molecule has 22 nitrogen and oxygen atoms in total. The van der Waals surface area contributed by atoms with Gasteiger partial charge in [0.25, 0.3) is 5.56 Å². The zero-order valence-electron chi connectivity index (χ0n) is 43.4. The van der Waals surface area contributed by atoms with E-state index in [1.54, 1.807) is 24.3 Å². The molecule has 1 aliphatic heterocycles. The van der Waals surface area contributed by atoms with Crippen LogP contribution < -0.4 is 11.2 Å². The summed E-state index contributed by atoms with van der Waals surface area (Å²) in [6.07, 6.45) is 3.60. The normalized spacial score (nSPS) is 17.4. The fourth-order valence-corrected chi connectivity index (χ4v) is 8.79. The van der Waals surface area contributed by atoms with E-state index in [1.807, 2.05) is 11.9 Å². The van der Waals surface area contributed by atoms with Crippen LogP contribution in [0.3, 0.4) is 0 Å². The minimum absolute atomic E-state index is 0.0390. The van der Waals surface area contributed by atoms with Crippen LogP contribution in [0.25, 0.3) is 0 Å². The fraction of sp³-hybridized carbons (Fsp3) is 0.750. The molecule has 0 amide bonds. The van der Waals surface area contributed by atoms with Crippen molar-refractivity contribution < 1.29 is 65.8 Å². The molecule has 2 rings (SSSR count). The van der Waals surface area contributed by atoms with E-state index in [0.717, 1.165) is 10.8 Å². The molecule has 404 valence electrons. The lowest BCUT2D eigenvalue weighted by Gasteiger charge is -2.19. The lowest BCUT2D eigenvalue weighted by molar-refractivity contribution is -0.142. The molecular formula is C44H87N6O16P3. The number of carbonyl (C=O) groups excluding carboxylic acids is 1. The van der Waals surface area contributed by atoms with E-state index >= 15 is 0 Å². The molecule has 6 N–H and O–H groups in total. The highest BCUT2D eigenvalue weighted by atomic mass is 31.3.